The number of carbonyl (C=O) groups excluding carboxylic acids is 1. The molecule has 4 nitrogen and oxygen atoms in total. The van der Waals surface area contributed by atoms with Crippen LogP contribution in [-0.2, 0) is 14.3 Å². The summed E-state index contributed by atoms with van der Waals surface area (Å²) < 4.78 is 4.90. The maximum Gasteiger partial charge on any atom is 0.307 e. The summed E-state index contributed by atoms with van der Waals surface area (Å²) >= 11 is 0. The fraction of sp³-hybridized carbons (Fsp3) is 0.838. The summed E-state index contributed by atoms with van der Waals surface area (Å²) in [4.78, 5) is 23.0. The summed E-state index contributed by atoms with van der Waals surface area (Å²) in [6.07, 6.45) is 41.6. The van der Waals surface area contributed by atoms with Gasteiger partial charge in [0, 0.05) is 0 Å². The standard InChI is InChI=1S/C37H68O4/c1-3-5-6-7-8-9-10-11-12-13-14-15-16-17-18-19-20-21-22-23-24-25-26-27-28-29-30-31-32-35(37(39)40)34-36(38)41-33-4-2/h4,27-28,35H,2-3,5-26,29-34H2,1H3,(H,39,40)/b28-27+. The fourth-order valence-corrected chi connectivity index (χ4v) is 5.48. The van der Waals surface area contributed by atoms with Gasteiger partial charge in [0.1, 0.15) is 6.61 Å². The molecule has 0 aromatic carbocycles. The molecule has 0 radical (unpaired) electrons. The van der Waals surface area contributed by atoms with E-state index in [2.05, 4.69) is 25.7 Å². The topological polar surface area (TPSA) is 63.6 Å². The van der Waals surface area contributed by atoms with Crippen LogP contribution in [0, 0.1) is 5.92 Å². The van der Waals surface area contributed by atoms with Gasteiger partial charge in [-0.05, 0) is 32.1 Å². The SMILES string of the molecule is C=CCOC(=O)CC(CCCC/C=C/CCCCCCCCCCCCCCCCCCCCCCCC)C(=O)O. The largest absolute Gasteiger partial charge is 0.481 e. The average Bonchev–Trinajstić information content (AvgIpc) is 2.96. The summed E-state index contributed by atoms with van der Waals surface area (Å²) in [5, 5.41) is 9.31. The molecular weight excluding hydrogens is 508 g/mol. The van der Waals surface area contributed by atoms with E-state index in [1.54, 1.807) is 0 Å². The predicted molar refractivity (Wildman–Crippen MR) is 176 cm³/mol. The van der Waals surface area contributed by atoms with Crippen LogP contribution in [0.4, 0.5) is 0 Å². The lowest BCUT2D eigenvalue weighted by Gasteiger charge is -2.11. The lowest BCUT2D eigenvalue weighted by molar-refractivity contribution is -0.151. The van der Waals surface area contributed by atoms with Crippen LogP contribution in [0.1, 0.15) is 187 Å². The van der Waals surface area contributed by atoms with Crippen molar-refractivity contribution in [2.75, 3.05) is 6.61 Å². The molecule has 0 aromatic rings. The minimum absolute atomic E-state index is 0.0570. The first kappa shape index (κ1) is 39.4. The molecule has 0 bridgehead atoms. The lowest BCUT2D eigenvalue weighted by Crippen LogP contribution is -2.19. The van der Waals surface area contributed by atoms with Crippen LogP contribution >= 0.6 is 0 Å². The molecule has 0 fully saturated rings. The van der Waals surface area contributed by atoms with E-state index < -0.39 is 17.9 Å². The fourth-order valence-electron chi connectivity index (χ4n) is 5.48. The number of unbranched alkanes of at least 4 members (excludes halogenated alkanes) is 24. The first-order chi connectivity index (χ1) is 20.1. The second-order valence-electron chi connectivity index (χ2n) is 12.2. The summed E-state index contributed by atoms with van der Waals surface area (Å²) in [6.45, 7) is 5.92. The summed E-state index contributed by atoms with van der Waals surface area (Å²) in [5.41, 5.74) is 0. The van der Waals surface area contributed by atoms with Crippen LogP contribution < -0.4 is 0 Å². The quantitative estimate of drug-likeness (QED) is 0.0479. The van der Waals surface area contributed by atoms with Crippen molar-refractivity contribution in [3.05, 3.63) is 24.8 Å². The summed E-state index contributed by atoms with van der Waals surface area (Å²) in [7, 11) is 0. The van der Waals surface area contributed by atoms with Gasteiger partial charge in [0.15, 0.2) is 0 Å². The lowest BCUT2D eigenvalue weighted by atomic mass is 9.98. The van der Waals surface area contributed by atoms with E-state index in [4.69, 9.17) is 4.74 Å². The minimum Gasteiger partial charge on any atom is -0.481 e. The van der Waals surface area contributed by atoms with Gasteiger partial charge in [-0.15, -0.1) is 0 Å². The zero-order valence-electron chi connectivity index (χ0n) is 27.2. The number of ether oxygens (including phenoxy) is 1. The van der Waals surface area contributed by atoms with E-state index >= 15 is 0 Å². The summed E-state index contributed by atoms with van der Waals surface area (Å²) in [5.74, 6) is -2.03. The molecule has 0 saturated heterocycles. The Labute approximate surface area is 255 Å². The number of rotatable bonds is 33. The second-order valence-corrected chi connectivity index (χ2v) is 12.2. The third kappa shape index (κ3) is 31.2. The molecule has 240 valence electrons. The van der Waals surface area contributed by atoms with E-state index in [-0.39, 0.29) is 13.0 Å². The van der Waals surface area contributed by atoms with Gasteiger partial charge >= 0.3 is 11.9 Å². The number of allylic oxidation sites excluding steroid dienone is 2. The summed E-state index contributed by atoms with van der Waals surface area (Å²) in [6, 6.07) is 0. The molecule has 0 rings (SSSR count). The maximum absolute atomic E-state index is 11.6. The van der Waals surface area contributed by atoms with E-state index in [1.807, 2.05) is 0 Å². The molecule has 0 amide bonds. The first-order valence-corrected chi connectivity index (χ1v) is 17.8. The highest BCUT2D eigenvalue weighted by Crippen LogP contribution is 2.17. The molecule has 1 unspecified atom stereocenters. The van der Waals surface area contributed by atoms with Gasteiger partial charge in [-0.2, -0.15) is 0 Å². The van der Waals surface area contributed by atoms with Crippen molar-refractivity contribution in [1.29, 1.82) is 0 Å². The Hall–Kier alpha value is -1.58. The zero-order chi connectivity index (χ0) is 30.1. The van der Waals surface area contributed by atoms with E-state index in [9.17, 15) is 14.7 Å². The molecule has 0 aliphatic carbocycles. The number of hydrogen-bond donors (Lipinski definition) is 1. The van der Waals surface area contributed by atoms with E-state index in [0.717, 1.165) is 25.7 Å². The normalized spacial score (nSPS) is 12.1. The smallest absolute Gasteiger partial charge is 0.307 e. The molecular formula is C37H68O4. The van der Waals surface area contributed by atoms with Gasteiger partial charge < -0.3 is 9.84 Å². The molecule has 4 heteroatoms. The molecule has 0 aliphatic rings. The van der Waals surface area contributed by atoms with Crippen molar-refractivity contribution >= 4 is 11.9 Å². The highest BCUT2D eigenvalue weighted by molar-refractivity contribution is 5.78. The van der Waals surface area contributed by atoms with Crippen molar-refractivity contribution in [3.8, 4) is 0 Å². The highest BCUT2D eigenvalue weighted by atomic mass is 16.5. The van der Waals surface area contributed by atoms with Crippen LogP contribution in [0.2, 0.25) is 0 Å². The second kappa shape index (κ2) is 32.9. The Morgan fingerprint density at radius 2 is 0.976 bits per heavy atom. The van der Waals surface area contributed by atoms with Crippen molar-refractivity contribution in [3.63, 3.8) is 0 Å². The number of esters is 1. The molecule has 1 atom stereocenters. The van der Waals surface area contributed by atoms with Gasteiger partial charge in [-0.3, -0.25) is 9.59 Å². The third-order valence-corrected chi connectivity index (χ3v) is 8.19. The molecule has 41 heavy (non-hydrogen) atoms. The van der Waals surface area contributed by atoms with Gasteiger partial charge in [-0.1, -0.05) is 173 Å². The van der Waals surface area contributed by atoms with Gasteiger partial charge in [0.2, 0.25) is 0 Å². The molecule has 0 aromatic heterocycles. The number of carboxylic acid groups (broad SMARTS) is 1. The van der Waals surface area contributed by atoms with Gasteiger partial charge in [0.05, 0.1) is 12.3 Å². The molecule has 0 heterocycles. The van der Waals surface area contributed by atoms with Crippen LogP contribution in [0.5, 0.6) is 0 Å². The van der Waals surface area contributed by atoms with E-state index in [0.29, 0.717) is 6.42 Å². The van der Waals surface area contributed by atoms with Gasteiger partial charge in [-0.25, -0.2) is 0 Å². The van der Waals surface area contributed by atoms with Crippen molar-refractivity contribution in [1.82, 2.24) is 0 Å². The molecule has 0 spiro atoms. The van der Waals surface area contributed by atoms with Crippen LogP contribution in [-0.4, -0.2) is 23.7 Å². The maximum atomic E-state index is 11.6. The Kier molecular flexibility index (Phi) is 31.7. The average molecular weight is 577 g/mol. The van der Waals surface area contributed by atoms with Crippen LogP contribution in [0.15, 0.2) is 24.8 Å². The van der Waals surface area contributed by atoms with Crippen LogP contribution in [0.25, 0.3) is 0 Å². The van der Waals surface area contributed by atoms with Crippen molar-refractivity contribution in [2.45, 2.75) is 187 Å². The first-order valence-electron chi connectivity index (χ1n) is 17.8. The van der Waals surface area contributed by atoms with Crippen molar-refractivity contribution in [2.24, 2.45) is 5.92 Å². The molecule has 0 aliphatic heterocycles. The number of aliphatic carboxylic acids is 1. The third-order valence-electron chi connectivity index (χ3n) is 8.19. The number of carboxylic acids is 1. The number of carbonyl (C=O) groups is 2. The minimum atomic E-state index is -0.916. The Morgan fingerprint density at radius 3 is 1.34 bits per heavy atom. The predicted octanol–water partition coefficient (Wildman–Crippen LogP) is 11.9. The monoisotopic (exact) mass is 577 g/mol. The Balaban J connectivity index is 3.32. The Bertz CT molecular complexity index is 612. The van der Waals surface area contributed by atoms with Crippen LogP contribution in [0.3, 0.4) is 0 Å². The highest BCUT2D eigenvalue weighted by Gasteiger charge is 2.21. The van der Waals surface area contributed by atoms with Gasteiger partial charge in [0.25, 0.3) is 0 Å². The molecule has 0 saturated carbocycles. The number of hydrogen-bond acceptors (Lipinski definition) is 3. The Morgan fingerprint density at radius 1 is 0.610 bits per heavy atom. The zero-order valence-corrected chi connectivity index (χ0v) is 27.2. The molecule has 1 N–H and O–H groups in total. The van der Waals surface area contributed by atoms with E-state index in [1.165, 1.54) is 147 Å². The van der Waals surface area contributed by atoms with Crippen molar-refractivity contribution < 1.29 is 19.4 Å².